The second-order valence-corrected chi connectivity index (χ2v) is 5.28. The summed E-state index contributed by atoms with van der Waals surface area (Å²) in [7, 11) is 0. The van der Waals surface area contributed by atoms with Crippen LogP contribution in [0.15, 0.2) is 29.8 Å². The third-order valence-corrected chi connectivity index (χ3v) is 3.82. The molecule has 0 spiro atoms. The van der Waals surface area contributed by atoms with Crippen LogP contribution in [0.1, 0.15) is 36.0 Å². The van der Waals surface area contributed by atoms with Crippen LogP contribution in [0.5, 0.6) is 0 Å². The van der Waals surface area contributed by atoms with Gasteiger partial charge in [-0.2, -0.15) is 0 Å². The molecule has 1 aliphatic rings. The molecular formula is C16H20O2. The van der Waals surface area contributed by atoms with Crippen molar-refractivity contribution in [3.05, 3.63) is 46.5 Å². The summed E-state index contributed by atoms with van der Waals surface area (Å²) in [5, 5.41) is 8.87. The van der Waals surface area contributed by atoms with E-state index in [1.54, 1.807) is 0 Å². The van der Waals surface area contributed by atoms with Crippen molar-refractivity contribution < 1.29 is 9.90 Å². The molecule has 1 aliphatic carbocycles. The zero-order valence-corrected chi connectivity index (χ0v) is 11.1. The molecule has 1 unspecified atom stereocenters. The summed E-state index contributed by atoms with van der Waals surface area (Å²) >= 11 is 0. The van der Waals surface area contributed by atoms with Crippen molar-refractivity contribution in [1.82, 2.24) is 0 Å². The Kier molecular flexibility index (Phi) is 3.85. The summed E-state index contributed by atoms with van der Waals surface area (Å²) in [6, 6.07) is 6.52. The maximum absolute atomic E-state index is 10.8. The number of aryl methyl sites for hydroxylation is 2. The van der Waals surface area contributed by atoms with Gasteiger partial charge in [0.25, 0.3) is 0 Å². The Morgan fingerprint density at radius 1 is 1.44 bits per heavy atom. The van der Waals surface area contributed by atoms with Crippen molar-refractivity contribution in [1.29, 1.82) is 0 Å². The summed E-state index contributed by atoms with van der Waals surface area (Å²) in [4.78, 5) is 10.8. The number of carbonyl (C=O) groups is 1. The molecule has 0 amide bonds. The van der Waals surface area contributed by atoms with Crippen LogP contribution in [0.4, 0.5) is 0 Å². The van der Waals surface area contributed by atoms with E-state index < -0.39 is 5.97 Å². The number of benzene rings is 1. The summed E-state index contributed by atoms with van der Waals surface area (Å²) in [5.41, 5.74) is 5.06. The van der Waals surface area contributed by atoms with Crippen molar-refractivity contribution in [2.75, 3.05) is 0 Å². The van der Waals surface area contributed by atoms with E-state index in [0.29, 0.717) is 5.92 Å². The molecule has 0 heterocycles. The smallest absolute Gasteiger partial charge is 0.328 e. The van der Waals surface area contributed by atoms with Gasteiger partial charge >= 0.3 is 5.97 Å². The van der Waals surface area contributed by atoms with Crippen LogP contribution in [0.25, 0.3) is 0 Å². The lowest BCUT2D eigenvalue weighted by Gasteiger charge is -2.14. The van der Waals surface area contributed by atoms with Crippen LogP contribution in [-0.4, -0.2) is 11.1 Å². The second-order valence-electron chi connectivity index (χ2n) is 5.28. The van der Waals surface area contributed by atoms with Gasteiger partial charge in [-0.15, -0.1) is 0 Å². The first-order valence-corrected chi connectivity index (χ1v) is 6.56. The summed E-state index contributed by atoms with van der Waals surface area (Å²) in [5.74, 6) is -0.389. The van der Waals surface area contributed by atoms with Gasteiger partial charge in [-0.25, -0.2) is 4.79 Å². The molecule has 1 aromatic carbocycles. The van der Waals surface area contributed by atoms with Crippen molar-refractivity contribution >= 4 is 5.97 Å². The van der Waals surface area contributed by atoms with Crippen molar-refractivity contribution in [2.45, 2.75) is 39.5 Å². The predicted octanol–water partition coefficient (Wildman–Crippen LogP) is 3.66. The topological polar surface area (TPSA) is 37.3 Å². The van der Waals surface area contributed by atoms with E-state index in [4.69, 9.17) is 5.11 Å². The summed E-state index contributed by atoms with van der Waals surface area (Å²) in [6.07, 6.45) is 5.58. The number of aliphatic carboxylic acids is 1. The molecule has 2 nitrogen and oxygen atoms in total. The van der Waals surface area contributed by atoms with Crippen LogP contribution in [-0.2, 0) is 11.2 Å². The highest BCUT2D eigenvalue weighted by molar-refractivity contribution is 5.80. The van der Waals surface area contributed by atoms with Crippen LogP contribution in [0.2, 0.25) is 0 Å². The third kappa shape index (κ3) is 3.00. The van der Waals surface area contributed by atoms with E-state index >= 15 is 0 Å². The zero-order valence-electron chi connectivity index (χ0n) is 11.1. The van der Waals surface area contributed by atoms with Gasteiger partial charge < -0.3 is 5.11 Å². The molecule has 2 heteroatoms. The zero-order chi connectivity index (χ0) is 13.1. The number of rotatable bonds is 3. The lowest BCUT2D eigenvalue weighted by molar-refractivity contribution is -0.131. The molecule has 1 saturated carbocycles. The Bertz CT molecular complexity index is 486. The number of carboxylic acid groups (broad SMARTS) is 1. The van der Waals surface area contributed by atoms with Gasteiger partial charge in [-0.1, -0.05) is 29.3 Å². The minimum atomic E-state index is -0.808. The summed E-state index contributed by atoms with van der Waals surface area (Å²) in [6.45, 7) is 4.24. The molecule has 0 bridgehead atoms. The highest BCUT2D eigenvalue weighted by Crippen LogP contribution is 2.34. The number of hydrogen-bond donors (Lipinski definition) is 1. The van der Waals surface area contributed by atoms with E-state index in [2.05, 4.69) is 32.0 Å². The molecule has 2 rings (SSSR count). The predicted molar refractivity (Wildman–Crippen MR) is 72.7 cm³/mol. The van der Waals surface area contributed by atoms with Crippen molar-refractivity contribution in [2.24, 2.45) is 5.92 Å². The fraction of sp³-hybridized carbons (Fsp3) is 0.438. The van der Waals surface area contributed by atoms with Crippen molar-refractivity contribution in [3.63, 3.8) is 0 Å². The maximum atomic E-state index is 10.8. The normalized spacial score (nSPS) is 21.4. The van der Waals surface area contributed by atoms with E-state index in [-0.39, 0.29) is 0 Å². The Morgan fingerprint density at radius 2 is 2.22 bits per heavy atom. The van der Waals surface area contributed by atoms with Gasteiger partial charge in [-0.3, -0.25) is 0 Å². The van der Waals surface area contributed by atoms with Crippen LogP contribution < -0.4 is 0 Å². The second kappa shape index (κ2) is 5.38. The SMILES string of the molecule is Cc1ccc(CC2CCC/C2=C\C(=O)O)c(C)c1. The Balaban J connectivity index is 2.15. The van der Waals surface area contributed by atoms with Gasteiger partial charge in [0.05, 0.1) is 0 Å². The highest BCUT2D eigenvalue weighted by Gasteiger charge is 2.22. The average molecular weight is 244 g/mol. The first-order valence-electron chi connectivity index (χ1n) is 6.56. The first kappa shape index (κ1) is 12.9. The van der Waals surface area contributed by atoms with Gasteiger partial charge in [0.15, 0.2) is 0 Å². The van der Waals surface area contributed by atoms with Crippen LogP contribution in [0.3, 0.4) is 0 Å². The minimum absolute atomic E-state index is 0.419. The number of allylic oxidation sites excluding steroid dienone is 1. The fourth-order valence-corrected chi connectivity index (χ4v) is 2.86. The highest BCUT2D eigenvalue weighted by atomic mass is 16.4. The van der Waals surface area contributed by atoms with Gasteiger partial charge in [0.2, 0.25) is 0 Å². The largest absolute Gasteiger partial charge is 0.478 e. The lowest BCUT2D eigenvalue weighted by atomic mass is 9.91. The standard InChI is InChI=1S/C16H20O2/c1-11-6-7-13(12(2)8-11)9-14-4-3-5-15(14)10-16(17)18/h6-8,10,14H,3-5,9H2,1-2H3,(H,17,18)/b15-10+. The molecule has 0 saturated heterocycles. The summed E-state index contributed by atoms with van der Waals surface area (Å²) < 4.78 is 0. The van der Waals surface area contributed by atoms with E-state index in [0.717, 1.165) is 31.3 Å². The maximum Gasteiger partial charge on any atom is 0.328 e. The monoisotopic (exact) mass is 244 g/mol. The molecule has 0 radical (unpaired) electrons. The molecule has 96 valence electrons. The molecular weight excluding hydrogens is 224 g/mol. The molecule has 1 atom stereocenters. The molecule has 1 N–H and O–H groups in total. The third-order valence-electron chi connectivity index (χ3n) is 3.82. The molecule has 0 aromatic heterocycles. The van der Waals surface area contributed by atoms with Crippen LogP contribution >= 0.6 is 0 Å². The average Bonchev–Trinajstić information content (AvgIpc) is 2.69. The van der Waals surface area contributed by atoms with Gasteiger partial charge in [-0.05, 0) is 56.6 Å². The van der Waals surface area contributed by atoms with E-state index in [1.807, 2.05) is 0 Å². The number of hydrogen-bond acceptors (Lipinski definition) is 1. The van der Waals surface area contributed by atoms with Gasteiger partial charge in [0.1, 0.15) is 0 Å². The van der Waals surface area contributed by atoms with E-state index in [1.165, 1.54) is 22.8 Å². The molecule has 1 aromatic rings. The van der Waals surface area contributed by atoms with Crippen molar-refractivity contribution in [3.8, 4) is 0 Å². The Morgan fingerprint density at radius 3 is 2.89 bits per heavy atom. The van der Waals surface area contributed by atoms with Crippen LogP contribution in [0, 0.1) is 19.8 Å². The molecule has 1 fully saturated rings. The Labute approximate surface area is 108 Å². The first-order chi connectivity index (χ1) is 8.56. The molecule has 0 aliphatic heterocycles. The van der Waals surface area contributed by atoms with E-state index in [9.17, 15) is 4.79 Å². The Hall–Kier alpha value is -1.57. The fourth-order valence-electron chi connectivity index (χ4n) is 2.86. The van der Waals surface area contributed by atoms with Gasteiger partial charge in [0, 0.05) is 6.08 Å². The quantitative estimate of drug-likeness (QED) is 0.824. The lowest BCUT2D eigenvalue weighted by Crippen LogP contribution is -2.05. The number of carboxylic acids is 1. The molecule has 18 heavy (non-hydrogen) atoms. The minimum Gasteiger partial charge on any atom is -0.478 e.